The van der Waals surface area contributed by atoms with E-state index in [1.54, 1.807) is 7.11 Å². The molecule has 0 aliphatic rings. The van der Waals surface area contributed by atoms with Gasteiger partial charge in [0.15, 0.2) is 0 Å². The highest BCUT2D eigenvalue weighted by atomic mass is 16.5. The van der Waals surface area contributed by atoms with Gasteiger partial charge in [0, 0.05) is 26.2 Å². The number of benzene rings is 1. The molecular weight excluding hydrogens is 228 g/mol. The van der Waals surface area contributed by atoms with E-state index in [0.29, 0.717) is 13.2 Å². The Bertz CT molecular complexity index is 327. The van der Waals surface area contributed by atoms with E-state index in [1.807, 2.05) is 19.1 Å². The van der Waals surface area contributed by atoms with Gasteiger partial charge in [-0.25, -0.2) is 0 Å². The summed E-state index contributed by atoms with van der Waals surface area (Å²) in [6.07, 6.45) is 0.109. The maximum Gasteiger partial charge on any atom is 0.118 e. The molecule has 0 radical (unpaired) electrons. The van der Waals surface area contributed by atoms with Crippen LogP contribution in [0.15, 0.2) is 24.3 Å². The quantitative estimate of drug-likeness (QED) is 0.761. The largest absolute Gasteiger partial charge is 0.497 e. The van der Waals surface area contributed by atoms with Crippen LogP contribution in [0.4, 0.5) is 0 Å². The van der Waals surface area contributed by atoms with Crippen molar-refractivity contribution in [3.8, 4) is 5.75 Å². The predicted molar refractivity (Wildman–Crippen MR) is 73.8 cm³/mol. The minimum absolute atomic E-state index is 0.109. The van der Waals surface area contributed by atoms with E-state index in [4.69, 9.17) is 15.2 Å². The van der Waals surface area contributed by atoms with Gasteiger partial charge in [-0.05, 0) is 31.7 Å². The fraction of sp³-hybridized carbons (Fsp3) is 0.571. The van der Waals surface area contributed by atoms with Crippen molar-refractivity contribution < 1.29 is 9.47 Å². The highest BCUT2D eigenvalue weighted by Gasteiger charge is 2.10. The first kappa shape index (κ1) is 15.0. The number of methoxy groups -OCH3 is 1. The maximum absolute atomic E-state index is 5.67. The third-order valence-electron chi connectivity index (χ3n) is 2.79. The van der Waals surface area contributed by atoms with Gasteiger partial charge in [-0.15, -0.1) is 0 Å². The molecule has 0 aliphatic heterocycles. The number of rotatable bonds is 8. The van der Waals surface area contributed by atoms with Gasteiger partial charge >= 0.3 is 0 Å². The lowest BCUT2D eigenvalue weighted by Gasteiger charge is -2.23. The smallest absolute Gasteiger partial charge is 0.118 e. The SMILES string of the molecule is CCOC(CN)CN(C)Cc1ccc(OC)cc1. The number of hydrogen-bond acceptors (Lipinski definition) is 4. The van der Waals surface area contributed by atoms with Crippen molar-refractivity contribution in [2.75, 3.05) is 33.9 Å². The standard InChI is InChI=1S/C14H24N2O2/c1-4-18-14(9-15)11-16(2)10-12-5-7-13(17-3)8-6-12/h5-8,14H,4,9-11,15H2,1-3H3. The van der Waals surface area contributed by atoms with Gasteiger partial charge in [-0.2, -0.15) is 0 Å². The second-order valence-electron chi connectivity index (χ2n) is 4.36. The number of likely N-dealkylation sites (N-methyl/N-ethyl adjacent to an activating group) is 1. The van der Waals surface area contributed by atoms with Gasteiger partial charge in [0.2, 0.25) is 0 Å². The van der Waals surface area contributed by atoms with E-state index in [2.05, 4.69) is 24.1 Å². The van der Waals surface area contributed by atoms with Crippen molar-refractivity contribution >= 4 is 0 Å². The Hall–Kier alpha value is -1.10. The Morgan fingerprint density at radius 1 is 1.28 bits per heavy atom. The van der Waals surface area contributed by atoms with Gasteiger partial charge in [0.1, 0.15) is 5.75 Å². The fourth-order valence-corrected chi connectivity index (χ4v) is 1.89. The summed E-state index contributed by atoms with van der Waals surface area (Å²) in [7, 11) is 3.75. The third-order valence-corrected chi connectivity index (χ3v) is 2.79. The van der Waals surface area contributed by atoms with Crippen molar-refractivity contribution in [1.82, 2.24) is 4.90 Å². The Balaban J connectivity index is 2.44. The lowest BCUT2D eigenvalue weighted by Crippen LogP contribution is -2.36. The van der Waals surface area contributed by atoms with Crippen LogP contribution >= 0.6 is 0 Å². The van der Waals surface area contributed by atoms with E-state index >= 15 is 0 Å². The topological polar surface area (TPSA) is 47.7 Å². The molecule has 0 aliphatic carbocycles. The van der Waals surface area contributed by atoms with Crippen molar-refractivity contribution in [2.45, 2.75) is 19.6 Å². The molecule has 0 saturated carbocycles. The molecule has 1 rings (SSSR count). The predicted octanol–water partition coefficient (Wildman–Crippen LogP) is 1.49. The summed E-state index contributed by atoms with van der Waals surface area (Å²) in [4.78, 5) is 2.22. The molecule has 0 bridgehead atoms. The van der Waals surface area contributed by atoms with Crippen LogP contribution in [-0.2, 0) is 11.3 Å². The zero-order valence-electron chi connectivity index (χ0n) is 11.6. The number of nitrogens with zero attached hydrogens (tertiary/aromatic N) is 1. The van der Waals surface area contributed by atoms with E-state index in [1.165, 1.54) is 5.56 Å². The first-order valence-corrected chi connectivity index (χ1v) is 6.32. The van der Waals surface area contributed by atoms with Crippen LogP contribution in [0, 0.1) is 0 Å². The summed E-state index contributed by atoms with van der Waals surface area (Å²) in [5.74, 6) is 0.885. The molecule has 4 heteroatoms. The number of nitrogens with two attached hydrogens (primary N) is 1. The highest BCUT2D eigenvalue weighted by Crippen LogP contribution is 2.12. The molecule has 4 nitrogen and oxygen atoms in total. The average molecular weight is 252 g/mol. The van der Waals surface area contributed by atoms with E-state index in [0.717, 1.165) is 18.8 Å². The van der Waals surface area contributed by atoms with Gasteiger partial charge in [-0.1, -0.05) is 12.1 Å². The van der Waals surface area contributed by atoms with Crippen LogP contribution < -0.4 is 10.5 Å². The highest BCUT2D eigenvalue weighted by molar-refractivity contribution is 5.27. The molecular formula is C14H24N2O2. The van der Waals surface area contributed by atoms with Crippen molar-refractivity contribution in [1.29, 1.82) is 0 Å². The fourth-order valence-electron chi connectivity index (χ4n) is 1.89. The minimum Gasteiger partial charge on any atom is -0.497 e. The molecule has 18 heavy (non-hydrogen) atoms. The first-order chi connectivity index (χ1) is 8.69. The summed E-state index contributed by atoms with van der Waals surface area (Å²) >= 11 is 0. The summed E-state index contributed by atoms with van der Waals surface area (Å²) in [5, 5.41) is 0. The molecule has 102 valence electrons. The molecule has 0 heterocycles. The second kappa shape index (κ2) is 8.08. The van der Waals surface area contributed by atoms with Crippen LogP contribution in [0.2, 0.25) is 0 Å². The van der Waals surface area contributed by atoms with Crippen molar-refractivity contribution in [3.63, 3.8) is 0 Å². The lowest BCUT2D eigenvalue weighted by atomic mass is 10.2. The number of ether oxygens (including phenoxy) is 2. The maximum atomic E-state index is 5.67. The monoisotopic (exact) mass is 252 g/mol. The van der Waals surface area contributed by atoms with E-state index in [9.17, 15) is 0 Å². The van der Waals surface area contributed by atoms with Crippen LogP contribution in [0.3, 0.4) is 0 Å². The van der Waals surface area contributed by atoms with Gasteiger partial charge in [-0.3, -0.25) is 4.90 Å². The average Bonchev–Trinajstić information content (AvgIpc) is 2.39. The van der Waals surface area contributed by atoms with Crippen molar-refractivity contribution in [3.05, 3.63) is 29.8 Å². The zero-order valence-corrected chi connectivity index (χ0v) is 11.6. The normalized spacial score (nSPS) is 12.7. The second-order valence-corrected chi connectivity index (χ2v) is 4.36. The molecule has 0 aromatic heterocycles. The van der Waals surface area contributed by atoms with Crippen LogP contribution in [0.5, 0.6) is 5.75 Å². The van der Waals surface area contributed by atoms with Gasteiger partial charge < -0.3 is 15.2 Å². The Labute approximate surface area is 110 Å². The minimum atomic E-state index is 0.109. The molecule has 2 N–H and O–H groups in total. The van der Waals surface area contributed by atoms with Crippen LogP contribution in [0.25, 0.3) is 0 Å². The summed E-state index contributed by atoms with van der Waals surface area (Å²) in [6.45, 7) is 4.98. The van der Waals surface area contributed by atoms with Crippen molar-refractivity contribution in [2.24, 2.45) is 5.73 Å². The van der Waals surface area contributed by atoms with Crippen LogP contribution in [0.1, 0.15) is 12.5 Å². The molecule has 0 fully saturated rings. The van der Waals surface area contributed by atoms with E-state index < -0.39 is 0 Å². The molecule has 1 unspecified atom stereocenters. The Morgan fingerprint density at radius 3 is 2.44 bits per heavy atom. The third kappa shape index (κ3) is 5.04. The molecule has 1 aromatic rings. The molecule has 0 amide bonds. The molecule has 0 spiro atoms. The van der Waals surface area contributed by atoms with Gasteiger partial charge in [0.25, 0.3) is 0 Å². The summed E-state index contributed by atoms with van der Waals surface area (Å²) in [5.41, 5.74) is 6.93. The van der Waals surface area contributed by atoms with Gasteiger partial charge in [0.05, 0.1) is 13.2 Å². The first-order valence-electron chi connectivity index (χ1n) is 6.32. The molecule has 1 aromatic carbocycles. The Morgan fingerprint density at radius 2 is 1.94 bits per heavy atom. The Kier molecular flexibility index (Phi) is 6.72. The van der Waals surface area contributed by atoms with Crippen LogP contribution in [-0.4, -0.2) is 44.9 Å². The van der Waals surface area contributed by atoms with E-state index in [-0.39, 0.29) is 6.10 Å². The number of hydrogen-bond donors (Lipinski definition) is 1. The summed E-state index contributed by atoms with van der Waals surface area (Å²) < 4.78 is 10.7. The lowest BCUT2D eigenvalue weighted by molar-refractivity contribution is 0.0437. The zero-order chi connectivity index (χ0) is 13.4. The molecule has 1 atom stereocenters. The molecule has 0 saturated heterocycles. The summed E-state index contributed by atoms with van der Waals surface area (Å²) in [6, 6.07) is 8.11.